The minimum absolute atomic E-state index is 0.241. The number of hydrogen-bond donors (Lipinski definition) is 2. The summed E-state index contributed by atoms with van der Waals surface area (Å²) in [6.07, 6.45) is 3.91. The third kappa shape index (κ3) is 3.86. The first kappa shape index (κ1) is 13.2. The van der Waals surface area contributed by atoms with Crippen LogP contribution in [0.5, 0.6) is 0 Å². The highest BCUT2D eigenvalue weighted by atomic mass is 19.1. The van der Waals surface area contributed by atoms with E-state index in [0.29, 0.717) is 11.1 Å². The smallest absolute Gasteiger partial charge is 0.149 e. The summed E-state index contributed by atoms with van der Waals surface area (Å²) in [5, 5.41) is 0. The van der Waals surface area contributed by atoms with Crippen molar-refractivity contribution in [3.63, 3.8) is 0 Å². The van der Waals surface area contributed by atoms with Gasteiger partial charge in [0.05, 0.1) is 11.7 Å². The summed E-state index contributed by atoms with van der Waals surface area (Å²) in [4.78, 5) is 7.93. The Morgan fingerprint density at radius 3 is 2.65 bits per heavy atom. The van der Waals surface area contributed by atoms with E-state index in [1.54, 1.807) is 0 Å². The lowest BCUT2D eigenvalue weighted by molar-refractivity contribution is 0.587. The van der Waals surface area contributed by atoms with Gasteiger partial charge in [0.2, 0.25) is 0 Å². The summed E-state index contributed by atoms with van der Waals surface area (Å²) in [6.45, 7) is 5.82. The van der Waals surface area contributed by atoms with Gasteiger partial charge in [0.1, 0.15) is 11.6 Å². The quantitative estimate of drug-likeness (QED) is 0.771. The number of allylic oxidation sites excluding steroid dienone is 1. The predicted octanol–water partition coefficient (Wildman–Crippen LogP) is 1.97. The SMILES string of the molecule is CC(C)(C)N=C/C(=C\N)c1cc(N)ncc1F. The Morgan fingerprint density at radius 1 is 1.47 bits per heavy atom. The molecular formula is C12H17FN4. The van der Waals surface area contributed by atoms with Crippen molar-refractivity contribution in [1.29, 1.82) is 0 Å². The van der Waals surface area contributed by atoms with Gasteiger partial charge >= 0.3 is 0 Å². The highest BCUT2D eigenvalue weighted by Crippen LogP contribution is 2.18. The largest absolute Gasteiger partial charge is 0.404 e. The number of anilines is 1. The van der Waals surface area contributed by atoms with Crippen LogP contribution < -0.4 is 11.5 Å². The zero-order chi connectivity index (χ0) is 13.1. The molecule has 0 atom stereocenters. The van der Waals surface area contributed by atoms with Crippen molar-refractivity contribution in [2.24, 2.45) is 10.7 Å². The molecule has 0 fully saturated rings. The molecule has 1 heterocycles. The van der Waals surface area contributed by atoms with Gasteiger partial charge in [0, 0.05) is 23.6 Å². The fourth-order valence-corrected chi connectivity index (χ4v) is 1.14. The number of aliphatic imine (C=N–C) groups is 1. The van der Waals surface area contributed by atoms with Crippen LogP contribution in [0.15, 0.2) is 23.5 Å². The Bertz CT molecular complexity index is 458. The van der Waals surface area contributed by atoms with E-state index in [1.807, 2.05) is 20.8 Å². The monoisotopic (exact) mass is 236 g/mol. The van der Waals surface area contributed by atoms with E-state index < -0.39 is 5.82 Å². The molecule has 4 nitrogen and oxygen atoms in total. The fourth-order valence-electron chi connectivity index (χ4n) is 1.14. The van der Waals surface area contributed by atoms with E-state index >= 15 is 0 Å². The molecule has 1 aromatic heterocycles. The standard InChI is InChI=1S/C12H17FN4/c1-12(2,3)17-6-8(5-14)9-4-11(15)16-7-10(9)13/h4-7H,14H2,1-3H3,(H2,15,16)/b8-5+,17-6?. The van der Waals surface area contributed by atoms with E-state index in [4.69, 9.17) is 11.5 Å². The number of nitrogens with two attached hydrogens (primary N) is 2. The maximum Gasteiger partial charge on any atom is 0.149 e. The van der Waals surface area contributed by atoms with E-state index in [9.17, 15) is 4.39 Å². The molecule has 0 amide bonds. The maximum atomic E-state index is 13.6. The molecule has 0 spiro atoms. The van der Waals surface area contributed by atoms with Crippen LogP contribution in [0.25, 0.3) is 5.57 Å². The van der Waals surface area contributed by atoms with E-state index in [2.05, 4.69) is 9.98 Å². The number of hydrogen-bond acceptors (Lipinski definition) is 4. The van der Waals surface area contributed by atoms with Crippen LogP contribution >= 0.6 is 0 Å². The average Bonchev–Trinajstić information content (AvgIpc) is 2.22. The maximum absolute atomic E-state index is 13.6. The minimum atomic E-state index is -0.476. The molecule has 5 heteroatoms. The lowest BCUT2D eigenvalue weighted by atomic mass is 10.1. The molecule has 0 aliphatic carbocycles. The number of nitrogen functional groups attached to an aromatic ring is 1. The molecular weight excluding hydrogens is 219 g/mol. The Labute approximate surface area is 100 Å². The van der Waals surface area contributed by atoms with Crippen LogP contribution in [-0.4, -0.2) is 16.7 Å². The molecule has 92 valence electrons. The highest BCUT2D eigenvalue weighted by molar-refractivity contribution is 6.10. The second kappa shape index (κ2) is 4.95. The zero-order valence-electron chi connectivity index (χ0n) is 10.2. The van der Waals surface area contributed by atoms with Crippen LogP contribution in [0.4, 0.5) is 10.2 Å². The lowest BCUT2D eigenvalue weighted by Gasteiger charge is -2.12. The first-order valence-electron chi connectivity index (χ1n) is 5.22. The number of aromatic nitrogens is 1. The van der Waals surface area contributed by atoms with Crippen molar-refractivity contribution in [3.8, 4) is 0 Å². The molecule has 0 radical (unpaired) electrons. The Hall–Kier alpha value is -1.91. The van der Waals surface area contributed by atoms with Crippen LogP contribution in [0.2, 0.25) is 0 Å². The number of nitrogens with zero attached hydrogens (tertiary/aromatic N) is 2. The van der Waals surface area contributed by atoms with Crippen LogP contribution in [0.3, 0.4) is 0 Å². The number of halogens is 1. The molecule has 1 aromatic rings. The molecule has 0 aliphatic heterocycles. The minimum Gasteiger partial charge on any atom is -0.404 e. The van der Waals surface area contributed by atoms with Crippen molar-refractivity contribution in [1.82, 2.24) is 4.98 Å². The third-order valence-electron chi connectivity index (χ3n) is 1.96. The highest BCUT2D eigenvalue weighted by Gasteiger charge is 2.10. The Morgan fingerprint density at radius 2 is 2.12 bits per heavy atom. The van der Waals surface area contributed by atoms with Crippen molar-refractivity contribution >= 4 is 17.6 Å². The Kier molecular flexibility index (Phi) is 3.83. The van der Waals surface area contributed by atoms with Crippen molar-refractivity contribution in [3.05, 3.63) is 29.8 Å². The van der Waals surface area contributed by atoms with Gasteiger partial charge in [0.15, 0.2) is 0 Å². The fraction of sp³-hybridized carbons (Fsp3) is 0.333. The molecule has 0 aliphatic rings. The summed E-state index contributed by atoms with van der Waals surface area (Å²) in [5.74, 6) is -0.235. The van der Waals surface area contributed by atoms with Gasteiger partial charge in [-0.2, -0.15) is 0 Å². The molecule has 0 bridgehead atoms. The van der Waals surface area contributed by atoms with Gasteiger partial charge in [-0.3, -0.25) is 4.99 Å². The van der Waals surface area contributed by atoms with Crippen molar-refractivity contribution in [2.75, 3.05) is 5.73 Å². The second-order valence-electron chi connectivity index (χ2n) is 4.64. The van der Waals surface area contributed by atoms with Crippen molar-refractivity contribution in [2.45, 2.75) is 26.3 Å². The van der Waals surface area contributed by atoms with Crippen LogP contribution in [0.1, 0.15) is 26.3 Å². The normalized spacial score (nSPS) is 13.3. The zero-order valence-corrected chi connectivity index (χ0v) is 10.2. The van der Waals surface area contributed by atoms with Gasteiger partial charge in [-0.25, -0.2) is 9.37 Å². The van der Waals surface area contributed by atoms with E-state index in [-0.39, 0.29) is 11.4 Å². The topological polar surface area (TPSA) is 77.3 Å². The lowest BCUT2D eigenvalue weighted by Crippen LogP contribution is -2.10. The summed E-state index contributed by atoms with van der Waals surface area (Å²) in [5.41, 5.74) is 11.5. The molecule has 0 aromatic carbocycles. The van der Waals surface area contributed by atoms with Gasteiger partial charge in [-0.1, -0.05) is 0 Å². The predicted molar refractivity (Wildman–Crippen MR) is 69.0 cm³/mol. The molecule has 0 saturated heterocycles. The van der Waals surface area contributed by atoms with Gasteiger partial charge in [-0.05, 0) is 26.8 Å². The van der Waals surface area contributed by atoms with Crippen molar-refractivity contribution < 1.29 is 4.39 Å². The van der Waals surface area contributed by atoms with E-state index in [1.165, 1.54) is 18.5 Å². The molecule has 0 unspecified atom stereocenters. The van der Waals surface area contributed by atoms with Gasteiger partial charge in [0.25, 0.3) is 0 Å². The van der Waals surface area contributed by atoms with Gasteiger partial charge < -0.3 is 11.5 Å². The number of pyridine rings is 1. The number of rotatable bonds is 2. The third-order valence-corrected chi connectivity index (χ3v) is 1.96. The summed E-state index contributed by atoms with van der Waals surface area (Å²) < 4.78 is 13.6. The Balaban J connectivity index is 3.12. The van der Waals surface area contributed by atoms with Crippen LogP contribution in [-0.2, 0) is 0 Å². The summed E-state index contributed by atoms with van der Waals surface area (Å²) >= 11 is 0. The first-order valence-corrected chi connectivity index (χ1v) is 5.22. The molecule has 1 rings (SSSR count). The summed E-state index contributed by atoms with van der Waals surface area (Å²) in [7, 11) is 0. The molecule has 17 heavy (non-hydrogen) atoms. The average molecular weight is 236 g/mol. The molecule has 4 N–H and O–H groups in total. The van der Waals surface area contributed by atoms with Gasteiger partial charge in [-0.15, -0.1) is 0 Å². The molecule has 0 saturated carbocycles. The summed E-state index contributed by atoms with van der Waals surface area (Å²) in [6, 6.07) is 1.43. The van der Waals surface area contributed by atoms with E-state index in [0.717, 1.165) is 6.20 Å². The van der Waals surface area contributed by atoms with Crippen LogP contribution in [0, 0.1) is 5.82 Å². The first-order chi connectivity index (χ1) is 7.83. The second-order valence-corrected chi connectivity index (χ2v) is 4.64.